The lowest BCUT2D eigenvalue weighted by atomic mass is 9.73. The van der Waals surface area contributed by atoms with Crippen molar-refractivity contribution < 1.29 is 4.79 Å². The minimum atomic E-state index is 0.256. The van der Waals surface area contributed by atoms with Crippen molar-refractivity contribution in [2.75, 3.05) is 24.5 Å². The Labute approximate surface area is 150 Å². The van der Waals surface area contributed by atoms with Gasteiger partial charge in [0.25, 0.3) is 0 Å². The molecule has 3 heterocycles. The predicted octanol–water partition coefficient (Wildman–Crippen LogP) is 3.03. The van der Waals surface area contributed by atoms with Crippen LogP contribution in [0.25, 0.3) is 0 Å². The largest absolute Gasteiger partial charge is 0.356 e. The quantitative estimate of drug-likeness (QED) is 0.847. The Morgan fingerprint density at radius 1 is 1.16 bits per heavy atom. The van der Waals surface area contributed by atoms with E-state index in [0.717, 1.165) is 56.2 Å². The zero-order chi connectivity index (χ0) is 17.6. The van der Waals surface area contributed by atoms with Crippen molar-refractivity contribution in [1.29, 1.82) is 0 Å². The van der Waals surface area contributed by atoms with Crippen LogP contribution in [0.1, 0.15) is 62.5 Å². The van der Waals surface area contributed by atoms with Crippen LogP contribution in [0.5, 0.6) is 0 Å². The van der Waals surface area contributed by atoms with E-state index in [2.05, 4.69) is 28.6 Å². The van der Waals surface area contributed by atoms with Gasteiger partial charge in [0.2, 0.25) is 5.91 Å². The van der Waals surface area contributed by atoms with Gasteiger partial charge >= 0.3 is 0 Å². The van der Waals surface area contributed by atoms with Gasteiger partial charge < -0.3 is 9.80 Å². The Morgan fingerprint density at radius 2 is 1.96 bits per heavy atom. The van der Waals surface area contributed by atoms with E-state index in [0.29, 0.717) is 11.9 Å². The van der Waals surface area contributed by atoms with Crippen LogP contribution >= 0.6 is 0 Å². The summed E-state index contributed by atoms with van der Waals surface area (Å²) < 4.78 is 0. The van der Waals surface area contributed by atoms with Crippen LogP contribution < -0.4 is 4.90 Å². The molecule has 0 N–H and O–H groups in total. The third-order valence-corrected chi connectivity index (χ3v) is 6.30. The predicted molar refractivity (Wildman–Crippen MR) is 98.7 cm³/mol. The van der Waals surface area contributed by atoms with Gasteiger partial charge in [-0.1, -0.05) is 6.92 Å². The highest BCUT2D eigenvalue weighted by Crippen LogP contribution is 2.43. The fraction of sp³-hybridized carbons (Fsp3) is 0.750. The second kappa shape index (κ2) is 6.26. The number of amides is 1. The molecule has 1 spiro atoms. The minimum Gasteiger partial charge on any atom is -0.356 e. The van der Waals surface area contributed by atoms with E-state index in [1.165, 1.54) is 31.2 Å². The van der Waals surface area contributed by atoms with E-state index in [9.17, 15) is 4.79 Å². The van der Waals surface area contributed by atoms with E-state index < -0.39 is 0 Å². The van der Waals surface area contributed by atoms with Gasteiger partial charge in [0.15, 0.2) is 0 Å². The molecular formula is C20H30N4O. The Balaban J connectivity index is 1.60. The Morgan fingerprint density at radius 3 is 2.68 bits per heavy atom. The second-order valence-corrected chi connectivity index (χ2v) is 8.29. The monoisotopic (exact) mass is 342 g/mol. The minimum absolute atomic E-state index is 0.256. The second-order valence-electron chi connectivity index (χ2n) is 8.29. The summed E-state index contributed by atoms with van der Waals surface area (Å²) >= 11 is 0. The first-order chi connectivity index (χ1) is 12.0. The molecule has 2 saturated heterocycles. The maximum Gasteiger partial charge on any atom is 0.222 e. The number of likely N-dealkylation sites (tertiary alicyclic amines) is 1. The summed E-state index contributed by atoms with van der Waals surface area (Å²) in [6, 6.07) is 0.537. The van der Waals surface area contributed by atoms with E-state index in [4.69, 9.17) is 4.98 Å². The normalized spacial score (nSPS) is 27.2. The zero-order valence-corrected chi connectivity index (χ0v) is 15.8. The SMILES string of the molecule is CCc1c(C)nc(C)nc1N1CCC[C@]2(CCC(=O)N(C3CC3)C2)C1. The van der Waals surface area contributed by atoms with Crippen molar-refractivity contribution in [1.82, 2.24) is 14.9 Å². The number of aromatic nitrogens is 2. The highest BCUT2D eigenvalue weighted by Gasteiger charge is 2.46. The lowest BCUT2D eigenvalue weighted by Crippen LogP contribution is -2.55. The number of carbonyl (C=O) groups excluding carboxylic acids is 1. The summed E-state index contributed by atoms with van der Waals surface area (Å²) in [5, 5.41) is 0. The number of anilines is 1. The molecule has 2 aliphatic heterocycles. The molecule has 1 aromatic heterocycles. The third-order valence-electron chi connectivity index (χ3n) is 6.30. The van der Waals surface area contributed by atoms with Crippen LogP contribution in [-0.4, -0.2) is 46.5 Å². The van der Waals surface area contributed by atoms with Gasteiger partial charge in [0, 0.05) is 48.8 Å². The highest BCUT2D eigenvalue weighted by atomic mass is 16.2. The molecule has 0 radical (unpaired) electrons. The van der Waals surface area contributed by atoms with Crippen LogP contribution in [0.4, 0.5) is 5.82 Å². The number of rotatable bonds is 3. The molecular weight excluding hydrogens is 312 g/mol. The molecule has 0 bridgehead atoms. The van der Waals surface area contributed by atoms with Crippen molar-refractivity contribution in [3.8, 4) is 0 Å². The van der Waals surface area contributed by atoms with Crippen LogP contribution in [0.3, 0.4) is 0 Å². The van der Waals surface area contributed by atoms with Crippen molar-refractivity contribution in [2.45, 2.75) is 71.8 Å². The number of aryl methyl sites for hydroxylation is 2. The summed E-state index contributed by atoms with van der Waals surface area (Å²) in [7, 11) is 0. The zero-order valence-electron chi connectivity index (χ0n) is 15.8. The Kier molecular flexibility index (Phi) is 4.20. The van der Waals surface area contributed by atoms with Gasteiger partial charge in [-0.05, 0) is 52.4 Å². The molecule has 4 rings (SSSR count). The first kappa shape index (κ1) is 16.8. The molecule has 5 nitrogen and oxygen atoms in total. The van der Waals surface area contributed by atoms with E-state index in [-0.39, 0.29) is 5.41 Å². The highest BCUT2D eigenvalue weighted by molar-refractivity contribution is 5.78. The number of piperidine rings is 2. The smallest absolute Gasteiger partial charge is 0.222 e. The molecule has 0 unspecified atom stereocenters. The Bertz CT molecular complexity index is 685. The number of nitrogens with zero attached hydrogens (tertiary/aromatic N) is 4. The summed E-state index contributed by atoms with van der Waals surface area (Å²) in [5.41, 5.74) is 2.66. The summed E-state index contributed by atoms with van der Waals surface area (Å²) in [6.45, 7) is 9.35. The molecule has 1 saturated carbocycles. The van der Waals surface area contributed by atoms with Gasteiger partial charge in [-0.15, -0.1) is 0 Å². The molecule has 1 atom stereocenters. The van der Waals surface area contributed by atoms with Crippen molar-refractivity contribution in [3.63, 3.8) is 0 Å². The topological polar surface area (TPSA) is 49.3 Å². The Hall–Kier alpha value is -1.65. The summed E-state index contributed by atoms with van der Waals surface area (Å²) in [5.74, 6) is 2.39. The van der Waals surface area contributed by atoms with Gasteiger partial charge in [0.1, 0.15) is 11.6 Å². The molecule has 3 aliphatic rings. The number of hydrogen-bond donors (Lipinski definition) is 0. The fourth-order valence-corrected chi connectivity index (χ4v) is 4.88. The summed E-state index contributed by atoms with van der Waals surface area (Å²) in [4.78, 5) is 26.4. The molecule has 3 fully saturated rings. The molecule has 5 heteroatoms. The average Bonchev–Trinajstić information content (AvgIpc) is 3.42. The molecule has 0 aromatic carbocycles. The lowest BCUT2D eigenvalue weighted by molar-refractivity contribution is -0.138. The number of carbonyl (C=O) groups is 1. The summed E-state index contributed by atoms with van der Waals surface area (Å²) in [6.07, 6.45) is 7.58. The van der Waals surface area contributed by atoms with E-state index in [1.807, 2.05) is 6.92 Å². The third kappa shape index (κ3) is 3.13. The van der Waals surface area contributed by atoms with Gasteiger partial charge in [-0.25, -0.2) is 9.97 Å². The van der Waals surface area contributed by atoms with Crippen LogP contribution in [0, 0.1) is 19.3 Å². The van der Waals surface area contributed by atoms with Gasteiger partial charge in [-0.2, -0.15) is 0 Å². The fourth-order valence-electron chi connectivity index (χ4n) is 4.88. The molecule has 1 amide bonds. The standard InChI is InChI=1S/C20H30N4O/c1-4-17-14(2)21-15(3)22-19(17)23-11-5-9-20(12-23)10-8-18(25)24(13-20)16-6-7-16/h16H,4-13H2,1-3H3/t20-/m0/s1. The maximum absolute atomic E-state index is 12.3. The van der Waals surface area contributed by atoms with Crippen molar-refractivity contribution >= 4 is 11.7 Å². The maximum atomic E-state index is 12.3. The first-order valence-electron chi connectivity index (χ1n) is 9.90. The van der Waals surface area contributed by atoms with Gasteiger partial charge in [-0.3, -0.25) is 4.79 Å². The first-order valence-corrected chi connectivity index (χ1v) is 9.90. The van der Waals surface area contributed by atoms with Crippen LogP contribution in [0.15, 0.2) is 0 Å². The number of hydrogen-bond acceptors (Lipinski definition) is 4. The van der Waals surface area contributed by atoms with Crippen molar-refractivity contribution in [2.24, 2.45) is 5.41 Å². The molecule has 25 heavy (non-hydrogen) atoms. The van der Waals surface area contributed by atoms with Crippen LogP contribution in [-0.2, 0) is 11.2 Å². The van der Waals surface area contributed by atoms with Gasteiger partial charge in [0.05, 0.1) is 0 Å². The van der Waals surface area contributed by atoms with Crippen LogP contribution in [0.2, 0.25) is 0 Å². The average molecular weight is 342 g/mol. The molecule has 136 valence electrons. The molecule has 1 aliphatic carbocycles. The van der Waals surface area contributed by atoms with E-state index >= 15 is 0 Å². The van der Waals surface area contributed by atoms with E-state index in [1.54, 1.807) is 0 Å². The molecule has 1 aromatic rings. The van der Waals surface area contributed by atoms with Crippen molar-refractivity contribution in [3.05, 3.63) is 17.1 Å². The lowest BCUT2D eigenvalue weighted by Gasteiger charge is -2.49.